The lowest BCUT2D eigenvalue weighted by Gasteiger charge is -2.33. The Balaban J connectivity index is 1.54. The first-order valence-electron chi connectivity index (χ1n) is 9.91. The molecule has 0 radical (unpaired) electrons. The van der Waals surface area contributed by atoms with Crippen LogP contribution in [0.1, 0.15) is 25.3 Å². The van der Waals surface area contributed by atoms with E-state index in [-0.39, 0.29) is 23.2 Å². The monoisotopic (exact) mass is 400 g/mol. The number of hydrogen-bond acceptors (Lipinski definition) is 5. The van der Waals surface area contributed by atoms with Crippen molar-refractivity contribution >= 4 is 11.6 Å². The van der Waals surface area contributed by atoms with Gasteiger partial charge < -0.3 is 19.5 Å². The number of rotatable bonds is 6. The summed E-state index contributed by atoms with van der Waals surface area (Å²) in [6, 6.07) is 7.64. The van der Waals surface area contributed by atoms with E-state index in [9.17, 15) is 14.4 Å². The van der Waals surface area contributed by atoms with Crippen molar-refractivity contribution in [2.75, 3.05) is 24.6 Å². The quantitative estimate of drug-likeness (QED) is 0.776. The molecule has 3 rings (SSSR count). The molecule has 1 aromatic heterocycles. The number of carbonyl (C=O) groups is 1. The van der Waals surface area contributed by atoms with Crippen LogP contribution in [-0.4, -0.2) is 40.8 Å². The molecule has 29 heavy (non-hydrogen) atoms. The van der Waals surface area contributed by atoms with Crippen LogP contribution in [0.4, 0.5) is 5.69 Å². The summed E-state index contributed by atoms with van der Waals surface area (Å²) in [6.45, 7) is 3.86. The second-order valence-corrected chi connectivity index (χ2v) is 7.35. The van der Waals surface area contributed by atoms with E-state index in [0.717, 1.165) is 28.7 Å². The van der Waals surface area contributed by atoms with Crippen molar-refractivity contribution in [3.63, 3.8) is 0 Å². The third kappa shape index (κ3) is 4.88. The van der Waals surface area contributed by atoms with E-state index in [1.54, 1.807) is 13.2 Å². The Labute approximate surface area is 169 Å². The molecule has 0 saturated carbocycles. The van der Waals surface area contributed by atoms with Crippen molar-refractivity contribution in [1.82, 2.24) is 14.5 Å². The average molecular weight is 400 g/mol. The molecule has 0 aliphatic carbocycles. The molecule has 0 atom stereocenters. The van der Waals surface area contributed by atoms with Gasteiger partial charge in [0.25, 0.3) is 5.56 Å². The summed E-state index contributed by atoms with van der Waals surface area (Å²) < 4.78 is 7.96. The first-order chi connectivity index (χ1) is 13.9. The summed E-state index contributed by atoms with van der Waals surface area (Å²) >= 11 is 0. The molecule has 2 heterocycles. The summed E-state index contributed by atoms with van der Waals surface area (Å²) in [4.78, 5) is 38.6. The van der Waals surface area contributed by atoms with Crippen molar-refractivity contribution < 1.29 is 9.53 Å². The van der Waals surface area contributed by atoms with Gasteiger partial charge >= 0.3 is 5.69 Å². The number of anilines is 1. The van der Waals surface area contributed by atoms with Gasteiger partial charge in [0.15, 0.2) is 0 Å². The fourth-order valence-corrected chi connectivity index (χ4v) is 3.61. The normalized spacial score (nSPS) is 14.7. The maximum absolute atomic E-state index is 12.4. The highest BCUT2D eigenvalue weighted by Crippen LogP contribution is 2.17. The number of nitrogens with zero attached hydrogens (tertiary/aromatic N) is 3. The number of benzene rings is 1. The van der Waals surface area contributed by atoms with Crippen LogP contribution in [-0.2, 0) is 25.3 Å². The summed E-state index contributed by atoms with van der Waals surface area (Å²) in [5.41, 5.74) is 0.840. The second-order valence-electron chi connectivity index (χ2n) is 7.35. The summed E-state index contributed by atoms with van der Waals surface area (Å²) in [7, 11) is 3.13. The first-order valence-corrected chi connectivity index (χ1v) is 9.91. The molecule has 1 amide bonds. The Bertz CT molecular complexity index is 970. The van der Waals surface area contributed by atoms with Crippen LogP contribution < -0.4 is 26.2 Å². The van der Waals surface area contributed by atoms with Crippen molar-refractivity contribution in [2.24, 2.45) is 14.1 Å². The highest BCUT2D eigenvalue weighted by atomic mass is 16.5. The molecule has 1 aromatic carbocycles. The van der Waals surface area contributed by atoms with E-state index >= 15 is 0 Å². The van der Waals surface area contributed by atoms with E-state index < -0.39 is 0 Å². The lowest BCUT2D eigenvalue weighted by atomic mass is 10.0. The van der Waals surface area contributed by atoms with Crippen molar-refractivity contribution in [2.45, 2.75) is 32.2 Å². The largest absolute Gasteiger partial charge is 0.494 e. The topological polar surface area (TPSA) is 85.6 Å². The van der Waals surface area contributed by atoms with Crippen molar-refractivity contribution in [3.05, 3.63) is 56.9 Å². The van der Waals surface area contributed by atoms with E-state index in [4.69, 9.17) is 4.74 Å². The van der Waals surface area contributed by atoms with Gasteiger partial charge in [-0.3, -0.25) is 14.2 Å². The van der Waals surface area contributed by atoms with E-state index in [2.05, 4.69) is 5.32 Å². The highest BCUT2D eigenvalue weighted by Gasteiger charge is 2.23. The molecule has 1 fully saturated rings. The van der Waals surface area contributed by atoms with Crippen LogP contribution in [0.15, 0.2) is 40.1 Å². The van der Waals surface area contributed by atoms with Crippen molar-refractivity contribution in [1.29, 1.82) is 0 Å². The zero-order valence-corrected chi connectivity index (χ0v) is 17.2. The van der Waals surface area contributed by atoms with Gasteiger partial charge in [0, 0.05) is 39.4 Å². The van der Waals surface area contributed by atoms with E-state index in [0.29, 0.717) is 31.8 Å². The van der Waals surface area contributed by atoms with Gasteiger partial charge in [0.05, 0.1) is 13.0 Å². The van der Waals surface area contributed by atoms with Gasteiger partial charge in [-0.2, -0.15) is 0 Å². The molecular formula is C21H28N4O4. The van der Waals surface area contributed by atoms with Gasteiger partial charge in [-0.1, -0.05) is 12.1 Å². The lowest BCUT2D eigenvalue weighted by Crippen LogP contribution is -2.48. The van der Waals surface area contributed by atoms with Gasteiger partial charge in [-0.25, -0.2) is 4.79 Å². The number of hydrogen-bond donors (Lipinski definition) is 1. The Hall–Kier alpha value is -3.03. The maximum atomic E-state index is 12.4. The Kier molecular flexibility index (Phi) is 6.41. The molecule has 1 aliphatic heterocycles. The van der Waals surface area contributed by atoms with Gasteiger partial charge in [0.2, 0.25) is 5.91 Å². The summed E-state index contributed by atoms with van der Waals surface area (Å²) in [5, 5.41) is 3.09. The molecule has 8 nitrogen and oxygen atoms in total. The minimum absolute atomic E-state index is 0.00867. The molecule has 1 saturated heterocycles. The zero-order valence-electron chi connectivity index (χ0n) is 17.2. The predicted molar refractivity (Wildman–Crippen MR) is 112 cm³/mol. The summed E-state index contributed by atoms with van der Waals surface area (Å²) in [5.74, 6) is 0.791. The number of aromatic nitrogens is 2. The molecule has 1 aliphatic rings. The molecule has 2 aromatic rings. The fraction of sp³-hybridized carbons (Fsp3) is 0.476. The number of nitrogens with one attached hydrogen (secondary N) is 1. The molecule has 0 spiro atoms. The van der Waals surface area contributed by atoms with Gasteiger partial charge in [0.1, 0.15) is 11.4 Å². The SMILES string of the molecule is CCOc1ccc(CC(=O)NC2CCN(c3cn(C)c(=O)n(C)c3=O)CC2)cc1. The Morgan fingerprint density at radius 3 is 2.41 bits per heavy atom. The molecular weight excluding hydrogens is 372 g/mol. The van der Waals surface area contributed by atoms with Crippen LogP contribution in [0.2, 0.25) is 0 Å². The smallest absolute Gasteiger partial charge is 0.330 e. The third-order valence-corrected chi connectivity index (χ3v) is 5.23. The standard InChI is InChI=1S/C21H28N4O4/c1-4-29-17-7-5-15(6-8-17)13-19(26)22-16-9-11-25(12-10-16)18-14-23(2)21(28)24(3)20(18)27/h5-8,14,16H,4,9-13H2,1-3H3,(H,22,26). The number of piperidine rings is 1. The van der Waals surface area contributed by atoms with Crippen molar-refractivity contribution in [3.8, 4) is 5.75 Å². The molecule has 0 bridgehead atoms. The van der Waals surface area contributed by atoms with E-state index in [1.165, 1.54) is 11.6 Å². The number of aryl methyl sites for hydroxylation is 1. The fourth-order valence-electron chi connectivity index (χ4n) is 3.61. The molecule has 1 N–H and O–H groups in total. The number of carbonyl (C=O) groups excluding carboxylic acids is 1. The van der Waals surface area contributed by atoms with E-state index in [1.807, 2.05) is 36.1 Å². The zero-order chi connectivity index (χ0) is 21.0. The van der Waals surface area contributed by atoms with Gasteiger partial charge in [-0.15, -0.1) is 0 Å². The summed E-state index contributed by atoms with van der Waals surface area (Å²) in [6.07, 6.45) is 3.42. The predicted octanol–water partition coefficient (Wildman–Crippen LogP) is 0.810. The van der Waals surface area contributed by atoms with Crippen LogP contribution in [0.25, 0.3) is 0 Å². The minimum Gasteiger partial charge on any atom is -0.494 e. The molecule has 156 valence electrons. The number of amides is 1. The third-order valence-electron chi connectivity index (χ3n) is 5.23. The molecule has 0 unspecified atom stereocenters. The minimum atomic E-state index is -0.338. The number of ether oxygens (including phenoxy) is 1. The maximum Gasteiger partial charge on any atom is 0.330 e. The van der Waals surface area contributed by atoms with Crippen LogP contribution >= 0.6 is 0 Å². The van der Waals surface area contributed by atoms with Crippen LogP contribution in [0.3, 0.4) is 0 Å². The highest BCUT2D eigenvalue weighted by molar-refractivity contribution is 5.78. The first kappa shape index (κ1) is 20.7. The average Bonchev–Trinajstić information content (AvgIpc) is 2.71. The van der Waals surface area contributed by atoms with Gasteiger partial charge in [-0.05, 0) is 37.5 Å². The second kappa shape index (κ2) is 8.98. The Morgan fingerprint density at radius 1 is 1.14 bits per heavy atom. The van der Waals surface area contributed by atoms with Crippen LogP contribution in [0.5, 0.6) is 5.75 Å². The molecule has 8 heteroatoms. The van der Waals surface area contributed by atoms with Crippen LogP contribution in [0, 0.1) is 0 Å². The Morgan fingerprint density at radius 2 is 1.79 bits per heavy atom. The lowest BCUT2D eigenvalue weighted by molar-refractivity contribution is -0.121.